The second kappa shape index (κ2) is 6.50. The highest BCUT2D eigenvalue weighted by atomic mass is 32.1. The summed E-state index contributed by atoms with van der Waals surface area (Å²) in [7, 11) is 2.12. The number of nitrogens with one attached hydrogen (secondary N) is 1. The van der Waals surface area contributed by atoms with Gasteiger partial charge in [0.1, 0.15) is 0 Å². The van der Waals surface area contributed by atoms with Crippen molar-refractivity contribution in [3.05, 3.63) is 33.0 Å². The van der Waals surface area contributed by atoms with Crippen LogP contribution in [0.5, 0.6) is 0 Å². The molecule has 1 unspecified atom stereocenters. The van der Waals surface area contributed by atoms with E-state index in [1.54, 1.807) is 22.7 Å². The van der Waals surface area contributed by atoms with Crippen LogP contribution in [-0.2, 0) is 6.54 Å². The zero-order valence-electron chi connectivity index (χ0n) is 11.9. The third kappa shape index (κ3) is 3.35. The zero-order chi connectivity index (χ0) is 13.8. The molecular weight excluding hydrogens is 274 g/mol. The first-order valence-electron chi connectivity index (χ1n) is 6.56. The maximum atomic E-state index is 4.70. The highest BCUT2D eigenvalue weighted by Crippen LogP contribution is 2.32. The number of rotatable bonds is 6. The van der Waals surface area contributed by atoms with Crippen molar-refractivity contribution >= 4 is 27.8 Å². The van der Waals surface area contributed by atoms with Crippen molar-refractivity contribution in [3.63, 3.8) is 0 Å². The van der Waals surface area contributed by atoms with Gasteiger partial charge in [0, 0.05) is 23.3 Å². The molecule has 19 heavy (non-hydrogen) atoms. The molecule has 0 aliphatic heterocycles. The van der Waals surface area contributed by atoms with Gasteiger partial charge in [-0.15, -0.1) is 22.7 Å². The third-order valence-corrected chi connectivity index (χ3v) is 5.55. The van der Waals surface area contributed by atoms with Gasteiger partial charge in [0.25, 0.3) is 0 Å². The SMILES string of the molecule is CCNCc1sc(N(C)C(C)c2cccs2)nc1C. The lowest BCUT2D eigenvalue weighted by Crippen LogP contribution is -2.20. The second-order valence-electron chi connectivity index (χ2n) is 4.59. The molecule has 2 aromatic rings. The Kier molecular flexibility index (Phi) is 4.96. The van der Waals surface area contributed by atoms with Crippen LogP contribution in [0.2, 0.25) is 0 Å². The molecule has 1 atom stereocenters. The Hall–Kier alpha value is -0.910. The maximum absolute atomic E-state index is 4.70. The number of thiophene rings is 1. The molecule has 3 nitrogen and oxygen atoms in total. The van der Waals surface area contributed by atoms with Crippen LogP contribution >= 0.6 is 22.7 Å². The number of aryl methyl sites for hydroxylation is 1. The number of nitrogens with zero attached hydrogens (tertiary/aromatic N) is 2. The van der Waals surface area contributed by atoms with Gasteiger partial charge < -0.3 is 10.2 Å². The van der Waals surface area contributed by atoms with E-state index in [1.807, 2.05) is 0 Å². The molecule has 0 aliphatic rings. The molecule has 0 fully saturated rings. The summed E-state index contributed by atoms with van der Waals surface area (Å²) < 4.78 is 0. The minimum Gasteiger partial charge on any atom is -0.344 e. The van der Waals surface area contributed by atoms with E-state index in [0.717, 1.165) is 23.9 Å². The van der Waals surface area contributed by atoms with Crippen LogP contribution in [0.4, 0.5) is 5.13 Å². The Bertz CT molecular complexity index is 505. The Morgan fingerprint density at radius 2 is 2.26 bits per heavy atom. The number of anilines is 1. The van der Waals surface area contributed by atoms with Crippen LogP contribution in [0.25, 0.3) is 0 Å². The van der Waals surface area contributed by atoms with Crippen LogP contribution in [0, 0.1) is 6.92 Å². The molecular formula is C14H21N3S2. The largest absolute Gasteiger partial charge is 0.344 e. The van der Waals surface area contributed by atoms with Crippen molar-refractivity contribution in [3.8, 4) is 0 Å². The van der Waals surface area contributed by atoms with Gasteiger partial charge in [-0.05, 0) is 31.8 Å². The Morgan fingerprint density at radius 3 is 2.89 bits per heavy atom. The van der Waals surface area contributed by atoms with Crippen LogP contribution in [0.3, 0.4) is 0 Å². The van der Waals surface area contributed by atoms with Crippen molar-refractivity contribution in [1.29, 1.82) is 0 Å². The average Bonchev–Trinajstić information content (AvgIpc) is 3.04. The Labute approximate surface area is 123 Å². The molecule has 1 N–H and O–H groups in total. The number of hydrogen-bond acceptors (Lipinski definition) is 5. The van der Waals surface area contributed by atoms with Gasteiger partial charge in [-0.25, -0.2) is 4.98 Å². The van der Waals surface area contributed by atoms with E-state index in [2.05, 4.69) is 55.5 Å². The van der Waals surface area contributed by atoms with Gasteiger partial charge >= 0.3 is 0 Å². The standard InChI is InChI=1S/C14H21N3S2/c1-5-15-9-13-10(2)16-14(19-13)17(4)11(3)12-7-6-8-18-12/h6-8,11,15H,5,9H2,1-4H3. The lowest BCUT2D eigenvalue weighted by molar-refractivity contribution is 0.730. The van der Waals surface area contributed by atoms with Gasteiger partial charge in [-0.1, -0.05) is 13.0 Å². The molecule has 5 heteroatoms. The average molecular weight is 295 g/mol. The fraction of sp³-hybridized carbons (Fsp3) is 0.500. The minimum atomic E-state index is 0.373. The summed E-state index contributed by atoms with van der Waals surface area (Å²) in [6, 6.07) is 4.66. The van der Waals surface area contributed by atoms with E-state index in [1.165, 1.54) is 9.75 Å². The Balaban J connectivity index is 2.13. The predicted molar refractivity (Wildman–Crippen MR) is 85.4 cm³/mol. The summed E-state index contributed by atoms with van der Waals surface area (Å²) in [5.74, 6) is 0. The summed E-state index contributed by atoms with van der Waals surface area (Å²) in [5, 5.41) is 6.60. The van der Waals surface area contributed by atoms with Crippen molar-refractivity contribution in [2.75, 3.05) is 18.5 Å². The van der Waals surface area contributed by atoms with E-state index < -0.39 is 0 Å². The normalized spacial score (nSPS) is 12.6. The van der Waals surface area contributed by atoms with Crippen LogP contribution < -0.4 is 10.2 Å². The second-order valence-corrected chi connectivity index (χ2v) is 6.63. The zero-order valence-corrected chi connectivity index (χ0v) is 13.6. The van der Waals surface area contributed by atoms with Gasteiger partial charge in [-0.3, -0.25) is 0 Å². The first-order valence-corrected chi connectivity index (χ1v) is 8.26. The molecule has 0 radical (unpaired) electrons. The molecule has 0 spiro atoms. The third-order valence-electron chi connectivity index (χ3n) is 3.25. The van der Waals surface area contributed by atoms with E-state index in [9.17, 15) is 0 Å². The summed E-state index contributed by atoms with van der Waals surface area (Å²) >= 11 is 3.59. The molecule has 0 saturated heterocycles. The highest BCUT2D eigenvalue weighted by Gasteiger charge is 2.17. The number of hydrogen-bond donors (Lipinski definition) is 1. The predicted octanol–water partition coefficient (Wildman–Crippen LogP) is 3.82. The molecule has 2 rings (SSSR count). The summed E-state index contributed by atoms with van der Waals surface area (Å²) in [4.78, 5) is 9.68. The van der Waals surface area contributed by atoms with Crippen molar-refractivity contribution < 1.29 is 0 Å². The quantitative estimate of drug-likeness (QED) is 0.878. The molecule has 2 aromatic heterocycles. The Morgan fingerprint density at radius 1 is 1.47 bits per heavy atom. The fourth-order valence-electron chi connectivity index (χ4n) is 1.85. The molecule has 0 bridgehead atoms. The van der Waals surface area contributed by atoms with E-state index >= 15 is 0 Å². The molecule has 104 valence electrons. The number of thiazole rings is 1. The van der Waals surface area contributed by atoms with Crippen LogP contribution in [-0.4, -0.2) is 18.6 Å². The highest BCUT2D eigenvalue weighted by molar-refractivity contribution is 7.15. The molecule has 0 amide bonds. The minimum absolute atomic E-state index is 0.373. The summed E-state index contributed by atoms with van der Waals surface area (Å²) in [6.07, 6.45) is 0. The molecule has 0 saturated carbocycles. The van der Waals surface area contributed by atoms with Crippen molar-refractivity contribution in [2.24, 2.45) is 0 Å². The van der Waals surface area contributed by atoms with E-state index in [-0.39, 0.29) is 0 Å². The van der Waals surface area contributed by atoms with Crippen molar-refractivity contribution in [2.45, 2.75) is 33.4 Å². The lowest BCUT2D eigenvalue weighted by Gasteiger charge is -2.23. The molecule has 2 heterocycles. The maximum Gasteiger partial charge on any atom is 0.186 e. The van der Waals surface area contributed by atoms with E-state index in [4.69, 9.17) is 4.98 Å². The van der Waals surface area contributed by atoms with Gasteiger partial charge in [0.15, 0.2) is 5.13 Å². The lowest BCUT2D eigenvalue weighted by atomic mass is 10.2. The van der Waals surface area contributed by atoms with Gasteiger partial charge in [-0.2, -0.15) is 0 Å². The number of aromatic nitrogens is 1. The first-order chi connectivity index (χ1) is 9.13. The van der Waals surface area contributed by atoms with Crippen LogP contribution in [0.1, 0.15) is 35.3 Å². The smallest absolute Gasteiger partial charge is 0.186 e. The van der Waals surface area contributed by atoms with Crippen LogP contribution in [0.15, 0.2) is 17.5 Å². The van der Waals surface area contributed by atoms with Crippen molar-refractivity contribution in [1.82, 2.24) is 10.3 Å². The topological polar surface area (TPSA) is 28.2 Å². The fourth-order valence-corrected chi connectivity index (χ4v) is 3.75. The summed E-state index contributed by atoms with van der Waals surface area (Å²) in [6.45, 7) is 8.36. The summed E-state index contributed by atoms with van der Waals surface area (Å²) in [5.41, 5.74) is 1.14. The molecule has 0 aliphatic carbocycles. The monoisotopic (exact) mass is 295 g/mol. The molecule has 0 aromatic carbocycles. The van der Waals surface area contributed by atoms with E-state index in [0.29, 0.717) is 6.04 Å². The van der Waals surface area contributed by atoms with Gasteiger partial charge in [0.05, 0.1) is 11.7 Å². The van der Waals surface area contributed by atoms with Gasteiger partial charge in [0.2, 0.25) is 0 Å². The first kappa shape index (κ1) is 14.5.